The van der Waals surface area contributed by atoms with E-state index in [0.29, 0.717) is 11.1 Å². The average molecular weight is 287 g/mol. The van der Waals surface area contributed by atoms with Crippen LogP contribution >= 0.6 is 0 Å². The Kier molecular flexibility index (Phi) is 5.73. The number of carbonyl (C=O) groups excluding carboxylic acids is 1. The molecule has 0 saturated carbocycles. The number of likely N-dealkylation sites (tertiary alicyclic amines) is 1. The number of hydrogen-bond acceptors (Lipinski definition) is 4. The summed E-state index contributed by atoms with van der Waals surface area (Å²) in [5, 5.41) is 11.8. The zero-order chi connectivity index (χ0) is 15.1. The van der Waals surface area contributed by atoms with Gasteiger partial charge in [0.1, 0.15) is 6.61 Å². The van der Waals surface area contributed by atoms with Gasteiger partial charge in [0.25, 0.3) is 5.91 Å². The number of aliphatic hydroxyl groups excluding tert-OH is 1. The Morgan fingerprint density at radius 2 is 2.43 bits per heavy atom. The SMILES string of the molecule is CCN1CCCC(NC(=O)c2cncc(C#CCO)c2)C1. The first-order valence-electron chi connectivity index (χ1n) is 7.31. The quantitative estimate of drug-likeness (QED) is 0.801. The lowest BCUT2D eigenvalue weighted by atomic mass is 10.1. The Labute approximate surface area is 125 Å². The molecule has 1 atom stereocenters. The second-order valence-electron chi connectivity index (χ2n) is 5.13. The summed E-state index contributed by atoms with van der Waals surface area (Å²) in [5.74, 6) is 5.20. The smallest absolute Gasteiger partial charge is 0.253 e. The van der Waals surface area contributed by atoms with Gasteiger partial charge in [-0.2, -0.15) is 0 Å². The van der Waals surface area contributed by atoms with E-state index in [2.05, 4.69) is 34.0 Å². The molecule has 0 aliphatic carbocycles. The van der Waals surface area contributed by atoms with Crippen molar-refractivity contribution in [1.82, 2.24) is 15.2 Å². The Hall–Kier alpha value is -1.90. The lowest BCUT2D eigenvalue weighted by Gasteiger charge is -2.32. The molecule has 2 heterocycles. The van der Waals surface area contributed by atoms with Gasteiger partial charge < -0.3 is 15.3 Å². The van der Waals surface area contributed by atoms with Gasteiger partial charge in [-0.05, 0) is 32.0 Å². The third-order valence-electron chi connectivity index (χ3n) is 3.60. The van der Waals surface area contributed by atoms with Crippen molar-refractivity contribution in [3.05, 3.63) is 29.6 Å². The number of piperidine rings is 1. The fraction of sp³-hybridized carbons (Fsp3) is 0.500. The maximum atomic E-state index is 12.3. The molecule has 0 radical (unpaired) electrons. The van der Waals surface area contributed by atoms with Crippen LogP contribution in [0, 0.1) is 11.8 Å². The van der Waals surface area contributed by atoms with E-state index in [1.54, 1.807) is 18.5 Å². The van der Waals surface area contributed by atoms with Crippen LogP contribution in [0.5, 0.6) is 0 Å². The number of likely N-dealkylation sites (N-methyl/N-ethyl adjacent to an activating group) is 1. The highest BCUT2D eigenvalue weighted by atomic mass is 16.2. The summed E-state index contributed by atoms with van der Waals surface area (Å²) >= 11 is 0. The van der Waals surface area contributed by atoms with Gasteiger partial charge in [-0.25, -0.2) is 0 Å². The summed E-state index contributed by atoms with van der Waals surface area (Å²) in [5.41, 5.74) is 1.14. The highest BCUT2D eigenvalue weighted by molar-refractivity contribution is 5.94. The molecular formula is C16H21N3O2. The highest BCUT2D eigenvalue weighted by Crippen LogP contribution is 2.10. The molecule has 1 saturated heterocycles. The van der Waals surface area contributed by atoms with E-state index < -0.39 is 0 Å². The van der Waals surface area contributed by atoms with Gasteiger partial charge in [0, 0.05) is 30.5 Å². The summed E-state index contributed by atoms with van der Waals surface area (Å²) in [6, 6.07) is 1.89. The minimum atomic E-state index is -0.203. The monoisotopic (exact) mass is 287 g/mol. The van der Waals surface area contributed by atoms with Gasteiger partial charge in [-0.3, -0.25) is 9.78 Å². The molecule has 1 aliphatic heterocycles. The Morgan fingerprint density at radius 3 is 3.19 bits per heavy atom. The van der Waals surface area contributed by atoms with Gasteiger partial charge in [-0.15, -0.1) is 0 Å². The maximum absolute atomic E-state index is 12.3. The minimum Gasteiger partial charge on any atom is -0.384 e. The molecule has 2 rings (SSSR count). The molecule has 1 unspecified atom stereocenters. The molecule has 0 aromatic carbocycles. The van der Waals surface area contributed by atoms with Crippen molar-refractivity contribution >= 4 is 5.91 Å². The zero-order valence-electron chi connectivity index (χ0n) is 12.3. The van der Waals surface area contributed by atoms with Crippen LogP contribution in [0.25, 0.3) is 0 Å². The topological polar surface area (TPSA) is 65.5 Å². The summed E-state index contributed by atoms with van der Waals surface area (Å²) in [7, 11) is 0. The highest BCUT2D eigenvalue weighted by Gasteiger charge is 2.20. The van der Waals surface area contributed by atoms with Gasteiger partial charge in [0.15, 0.2) is 0 Å². The fourth-order valence-corrected chi connectivity index (χ4v) is 2.50. The number of nitrogens with zero attached hydrogens (tertiary/aromatic N) is 2. The normalized spacial score (nSPS) is 18.7. The molecule has 5 heteroatoms. The van der Waals surface area contributed by atoms with Crippen LogP contribution in [-0.2, 0) is 0 Å². The van der Waals surface area contributed by atoms with Crippen LogP contribution in [0.3, 0.4) is 0 Å². The minimum absolute atomic E-state index is 0.113. The van der Waals surface area contributed by atoms with Gasteiger partial charge in [0.05, 0.1) is 5.56 Å². The second-order valence-corrected chi connectivity index (χ2v) is 5.13. The standard InChI is InChI=1S/C16H21N3O2/c1-2-19-7-3-6-15(12-19)18-16(21)14-9-13(5-4-8-20)10-17-11-14/h9-11,15,20H,2-3,6-8,12H2,1H3,(H,18,21). The first kappa shape index (κ1) is 15.5. The lowest BCUT2D eigenvalue weighted by molar-refractivity contribution is 0.0905. The van der Waals surface area contributed by atoms with E-state index >= 15 is 0 Å². The number of hydrogen-bond donors (Lipinski definition) is 2. The van der Waals surface area contributed by atoms with E-state index in [9.17, 15) is 4.79 Å². The van der Waals surface area contributed by atoms with E-state index in [4.69, 9.17) is 5.11 Å². The van der Waals surface area contributed by atoms with Crippen LogP contribution in [0.4, 0.5) is 0 Å². The average Bonchev–Trinajstić information content (AvgIpc) is 2.53. The van der Waals surface area contributed by atoms with Crippen molar-refractivity contribution in [2.24, 2.45) is 0 Å². The first-order valence-corrected chi connectivity index (χ1v) is 7.31. The van der Waals surface area contributed by atoms with Crippen molar-refractivity contribution in [1.29, 1.82) is 0 Å². The number of rotatable bonds is 3. The van der Waals surface area contributed by atoms with Gasteiger partial charge in [0.2, 0.25) is 0 Å². The number of pyridine rings is 1. The predicted molar refractivity (Wildman–Crippen MR) is 80.8 cm³/mol. The summed E-state index contributed by atoms with van der Waals surface area (Å²) < 4.78 is 0. The molecule has 5 nitrogen and oxygen atoms in total. The molecule has 21 heavy (non-hydrogen) atoms. The van der Waals surface area contributed by atoms with Crippen LogP contribution in [0.2, 0.25) is 0 Å². The van der Waals surface area contributed by atoms with Crippen LogP contribution in [-0.4, -0.2) is 53.2 Å². The first-order chi connectivity index (χ1) is 10.2. The number of nitrogens with one attached hydrogen (secondary N) is 1. The third kappa shape index (κ3) is 4.55. The number of amides is 1. The van der Waals surface area contributed by atoms with Crippen molar-refractivity contribution in [2.75, 3.05) is 26.2 Å². The Morgan fingerprint density at radius 1 is 1.57 bits per heavy atom. The number of aliphatic hydroxyl groups is 1. The molecule has 1 amide bonds. The maximum Gasteiger partial charge on any atom is 0.253 e. The fourth-order valence-electron chi connectivity index (χ4n) is 2.50. The van der Waals surface area contributed by atoms with E-state index in [1.807, 2.05) is 0 Å². The lowest BCUT2D eigenvalue weighted by Crippen LogP contribution is -2.47. The Balaban J connectivity index is 1.99. The molecule has 1 aromatic heterocycles. The Bertz CT molecular complexity index is 548. The summed E-state index contributed by atoms with van der Waals surface area (Å²) in [4.78, 5) is 18.6. The zero-order valence-corrected chi connectivity index (χ0v) is 12.3. The van der Waals surface area contributed by atoms with E-state index in [1.165, 1.54) is 0 Å². The molecule has 112 valence electrons. The molecule has 1 aliphatic rings. The number of carbonyl (C=O) groups is 1. The summed E-state index contributed by atoms with van der Waals surface area (Å²) in [6.07, 6.45) is 5.25. The molecule has 2 N–H and O–H groups in total. The molecular weight excluding hydrogens is 266 g/mol. The predicted octanol–water partition coefficient (Wildman–Crippen LogP) is 0.639. The van der Waals surface area contributed by atoms with Gasteiger partial charge >= 0.3 is 0 Å². The third-order valence-corrected chi connectivity index (χ3v) is 3.60. The molecule has 1 aromatic rings. The van der Waals surface area contributed by atoms with E-state index in [0.717, 1.165) is 32.5 Å². The molecule has 0 spiro atoms. The van der Waals surface area contributed by atoms with E-state index in [-0.39, 0.29) is 18.6 Å². The molecule has 0 bridgehead atoms. The van der Waals surface area contributed by atoms with Crippen molar-refractivity contribution in [2.45, 2.75) is 25.8 Å². The summed E-state index contributed by atoms with van der Waals surface area (Å²) in [6.45, 7) is 4.96. The van der Waals surface area contributed by atoms with Gasteiger partial charge in [-0.1, -0.05) is 18.8 Å². The molecule has 1 fully saturated rings. The van der Waals surface area contributed by atoms with Crippen molar-refractivity contribution in [3.63, 3.8) is 0 Å². The van der Waals surface area contributed by atoms with Crippen LogP contribution < -0.4 is 5.32 Å². The second kappa shape index (κ2) is 7.77. The number of aromatic nitrogens is 1. The van der Waals surface area contributed by atoms with Crippen molar-refractivity contribution in [3.8, 4) is 11.8 Å². The van der Waals surface area contributed by atoms with Crippen molar-refractivity contribution < 1.29 is 9.90 Å². The largest absolute Gasteiger partial charge is 0.384 e. The van der Waals surface area contributed by atoms with Crippen LogP contribution in [0.15, 0.2) is 18.5 Å². The van der Waals surface area contributed by atoms with Crippen LogP contribution in [0.1, 0.15) is 35.7 Å².